The standard InChI is InChI=1S/C26H54N2O11/c1-19(17-29)22(31)23(32)24(33)25(34)37-16-15-36-14-13-35-12-10-28-21(30)8-6-5-7-20(2)38-18-26(3,4)39-11-9-27/h19-20,22-25,29,31-34H,5-18,27H2,1-4H3,(H,28,30)/t19?,20?,22-,23?,24?,25-/m1/s1. The van der Waals surface area contributed by atoms with Crippen LogP contribution in [0.4, 0.5) is 0 Å². The molecule has 0 radical (unpaired) electrons. The molecule has 0 aliphatic heterocycles. The molecule has 1 amide bonds. The SMILES string of the molecule is CC(CCCCC(=O)NCCOCCOCCO[C@@H](O)C(O)C(O)[C@H](O)C(C)CO)OCC(C)(C)OCCN. The highest BCUT2D eigenvalue weighted by Gasteiger charge is 2.33. The Balaban J connectivity index is 3.66. The van der Waals surface area contributed by atoms with Gasteiger partial charge in [-0.1, -0.05) is 13.3 Å². The number of amides is 1. The van der Waals surface area contributed by atoms with E-state index in [1.807, 2.05) is 20.8 Å². The smallest absolute Gasteiger partial charge is 0.220 e. The van der Waals surface area contributed by atoms with E-state index < -0.39 is 30.5 Å². The molecule has 0 aromatic rings. The first-order chi connectivity index (χ1) is 18.4. The highest BCUT2D eigenvalue weighted by Crippen LogP contribution is 2.14. The number of carbonyl (C=O) groups is 1. The third-order valence-electron chi connectivity index (χ3n) is 5.91. The summed E-state index contributed by atoms with van der Waals surface area (Å²) in [7, 11) is 0. The monoisotopic (exact) mass is 570 g/mol. The maximum absolute atomic E-state index is 11.9. The Kier molecular flexibility index (Phi) is 22.1. The number of hydrogen-bond donors (Lipinski definition) is 7. The Morgan fingerprint density at radius 1 is 0.872 bits per heavy atom. The lowest BCUT2D eigenvalue weighted by Crippen LogP contribution is -2.48. The molecule has 0 saturated heterocycles. The zero-order chi connectivity index (χ0) is 29.7. The second kappa shape index (κ2) is 22.7. The summed E-state index contributed by atoms with van der Waals surface area (Å²) >= 11 is 0. The zero-order valence-electron chi connectivity index (χ0n) is 24.1. The molecule has 0 fully saturated rings. The number of nitrogens with one attached hydrogen (secondary N) is 1. The Bertz CT molecular complexity index is 600. The summed E-state index contributed by atoms with van der Waals surface area (Å²) in [6.45, 7) is 9.89. The molecule has 4 unspecified atom stereocenters. The van der Waals surface area contributed by atoms with Crippen molar-refractivity contribution in [2.24, 2.45) is 11.7 Å². The third kappa shape index (κ3) is 19.7. The van der Waals surface area contributed by atoms with E-state index in [2.05, 4.69) is 5.32 Å². The largest absolute Gasteiger partial charge is 0.396 e. The van der Waals surface area contributed by atoms with Gasteiger partial charge in [-0.2, -0.15) is 0 Å². The highest BCUT2D eigenvalue weighted by atomic mass is 16.6. The summed E-state index contributed by atoms with van der Waals surface area (Å²) in [5.74, 6) is -0.703. The minimum atomic E-state index is -1.74. The van der Waals surface area contributed by atoms with Crippen molar-refractivity contribution in [3.05, 3.63) is 0 Å². The minimum Gasteiger partial charge on any atom is -0.396 e. The topological polar surface area (TPSA) is 202 Å². The quantitative estimate of drug-likeness (QED) is 0.0489. The second-order valence-electron chi connectivity index (χ2n) is 10.2. The molecule has 13 heteroatoms. The van der Waals surface area contributed by atoms with Crippen LogP contribution in [-0.2, 0) is 28.5 Å². The number of aliphatic hydroxyl groups is 5. The third-order valence-corrected chi connectivity index (χ3v) is 5.91. The molecule has 6 atom stereocenters. The zero-order valence-corrected chi connectivity index (χ0v) is 24.1. The number of carbonyl (C=O) groups excluding carboxylic acids is 1. The summed E-state index contributed by atoms with van der Waals surface area (Å²) in [5, 5.41) is 51.0. The van der Waals surface area contributed by atoms with Gasteiger partial charge in [0, 0.05) is 32.0 Å². The van der Waals surface area contributed by atoms with Gasteiger partial charge in [0.05, 0.1) is 64.1 Å². The highest BCUT2D eigenvalue weighted by molar-refractivity contribution is 5.75. The van der Waals surface area contributed by atoms with Crippen molar-refractivity contribution in [3.8, 4) is 0 Å². The molecule has 0 aromatic carbocycles. The summed E-state index contributed by atoms with van der Waals surface area (Å²) in [6.07, 6.45) is -3.50. The number of ether oxygens (including phenoxy) is 5. The molecule has 0 aliphatic rings. The fourth-order valence-electron chi connectivity index (χ4n) is 3.34. The van der Waals surface area contributed by atoms with Gasteiger partial charge in [0.1, 0.15) is 12.2 Å². The minimum absolute atomic E-state index is 0.0268. The summed E-state index contributed by atoms with van der Waals surface area (Å²) in [5.41, 5.74) is 5.09. The molecule has 0 rings (SSSR count). The van der Waals surface area contributed by atoms with Gasteiger partial charge in [-0.3, -0.25) is 4.79 Å². The molecule has 13 nitrogen and oxygen atoms in total. The van der Waals surface area contributed by atoms with Gasteiger partial charge in [0.25, 0.3) is 0 Å². The normalized spacial score (nSPS) is 16.9. The van der Waals surface area contributed by atoms with Crippen molar-refractivity contribution in [2.45, 2.75) is 89.7 Å². The van der Waals surface area contributed by atoms with Crippen LogP contribution < -0.4 is 11.1 Å². The predicted octanol–water partition coefficient (Wildman–Crippen LogP) is -1.10. The van der Waals surface area contributed by atoms with E-state index in [1.165, 1.54) is 6.92 Å². The van der Waals surface area contributed by atoms with Crippen molar-refractivity contribution in [1.82, 2.24) is 5.32 Å². The first-order valence-corrected chi connectivity index (χ1v) is 13.8. The average Bonchev–Trinajstić information content (AvgIpc) is 2.92. The van der Waals surface area contributed by atoms with Crippen molar-refractivity contribution in [1.29, 1.82) is 0 Å². The van der Waals surface area contributed by atoms with Gasteiger partial charge >= 0.3 is 0 Å². The van der Waals surface area contributed by atoms with E-state index in [0.717, 1.165) is 19.3 Å². The summed E-state index contributed by atoms with van der Waals surface area (Å²) < 4.78 is 27.2. The van der Waals surface area contributed by atoms with Crippen LogP contribution in [0.25, 0.3) is 0 Å². The average molecular weight is 571 g/mol. The molecule has 234 valence electrons. The predicted molar refractivity (Wildman–Crippen MR) is 144 cm³/mol. The van der Waals surface area contributed by atoms with Gasteiger partial charge in [-0.05, 0) is 33.6 Å². The molecule has 8 N–H and O–H groups in total. The van der Waals surface area contributed by atoms with Crippen LogP contribution in [0.2, 0.25) is 0 Å². The Hall–Kier alpha value is -0.970. The number of unbranched alkanes of at least 4 members (excludes halogenated alkanes) is 1. The maximum atomic E-state index is 11.9. The van der Waals surface area contributed by atoms with Crippen molar-refractivity contribution < 1.29 is 54.0 Å². The number of hydrogen-bond acceptors (Lipinski definition) is 12. The molecular weight excluding hydrogens is 516 g/mol. The van der Waals surface area contributed by atoms with Crippen molar-refractivity contribution in [2.75, 3.05) is 65.9 Å². The van der Waals surface area contributed by atoms with E-state index in [0.29, 0.717) is 45.9 Å². The number of aliphatic hydroxyl groups excluding tert-OH is 5. The summed E-state index contributed by atoms with van der Waals surface area (Å²) in [6, 6.07) is 0. The van der Waals surface area contributed by atoms with Crippen LogP contribution in [0.5, 0.6) is 0 Å². The van der Waals surface area contributed by atoms with Gasteiger partial charge in [-0.25, -0.2) is 0 Å². The van der Waals surface area contributed by atoms with Gasteiger partial charge in [-0.15, -0.1) is 0 Å². The van der Waals surface area contributed by atoms with Crippen molar-refractivity contribution >= 4 is 5.91 Å². The van der Waals surface area contributed by atoms with E-state index in [4.69, 9.17) is 34.5 Å². The fourth-order valence-corrected chi connectivity index (χ4v) is 3.34. The molecular formula is C26H54N2O11. The molecule has 0 heterocycles. The van der Waals surface area contributed by atoms with Crippen LogP contribution in [0, 0.1) is 5.92 Å². The fraction of sp³-hybridized carbons (Fsp3) is 0.962. The van der Waals surface area contributed by atoms with Gasteiger partial charge in [0.2, 0.25) is 5.91 Å². The van der Waals surface area contributed by atoms with Crippen LogP contribution in [0.15, 0.2) is 0 Å². The molecule has 0 aromatic heterocycles. The van der Waals surface area contributed by atoms with E-state index >= 15 is 0 Å². The molecule has 0 saturated carbocycles. The lowest BCUT2D eigenvalue weighted by molar-refractivity contribution is -0.210. The van der Waals surface area contributed by atoms with Crippen LogP contribution in [-0.4, -0.2) is 134 Å². The van der Waals surface area contributed by atoms with Crippen LogP contribution >= 0.6 is 0 Å². The van der Waals surface area contributed by atoms with E-state index in [1.54, 1.807) is 0 Å². The Morgan fingerprint density at radius 2 is 1.51 bits per heavy atom. The van der Waals surface area contributed by atoms with Crippen molar-refractivity contribution in [3.63, 3.8) is 0 Å². The van der Waals surface area contributed by atoms with Gasteiger partial charge < -0.3 is 60.3 Å². The molecule has 39 heavy (non-hydrogen) atoms. The Morgan fingerprint density at radius 3 is 2.15 bits per heavy atom. The lowest BCUT2D eigenvalue weighted by Gasteiger charge is -2.28. The first kappa shape index (κ1) is 38.0. The summed E-state index contributed by atoms with van der Waals surface area (Å²) in [4.78, 5) is 11.9. The number of rotatable bonds is 26. The Labute approximate surface area is 232 Å². The van der Waals surface area contributed by atoms with Crippen LogP contribution in [0.3, 0.4) is 0 Å². The van der Waals surface area contributed by atoms with Crippen LogP contribution in [0.1, 0.15) is 53.4 Å². The molecule has 0 aliphatic carbocycles. The van der Waals surface area contributed by atoms with E-state index in [-0.39, 0.29) is 44.0 Å². The maximum Gasteiger partial charge on any atom is 0.220 e. The first-order valence-electron chi connectivity index (χ1n) is 13.8. The molecule has 0 bridgehead atoms. The number of nitrogens with two attached hydrogens (primary N) is 1. The molecule has 0 spiro atoms. The second-order valence-corrected chi connectivity index (χ2v) is 10.2. The van der Waals surface area contributed by atoms with E-state index in [9.17, 15) is 25.2 Å². The lowest BCUT2D eigenvalue weighted by atomic mass is 9.97. The van der Waals surface area contributed by atoms with Gasteiger partial charge in [0.15, 0.2) is 6.29 Å².